The van der Waals surface area contributed by atoms with Crippen molar-refractivity contribution >= 4 is 15.9 Å². The summed E-state index contributed by atoms with van der Waals surface area (Å²) in [6.07, 6.45) is 0. The standard InChI is InChI=1S/C15H25BrN2O/c1-4-18(10-9-17-13(2)3)11-12-19-15-7-5-14(16)6-8-15/h5-8,13,17H,4,9-12H2,1-3H3. The van der Waals surface area contributed by atoms with Crippen LogP contribution < -0.4 is 10.1 Å². The zero-order valence-corrected chi connectivity index (χ0v) is 13.7. The molecule has 0 unspecified atom stereocenters. The summed E-state index contributed by atoms with van der Waals surface area (Å²) in [6.45, 7) is 11.4. The minimum absolute atomic E-state index is 0.553. The molecule has 0 amide bonds. The highest BCUT2D eigenvalue weighted by Gasteiger charge is 2.03. The van der Waals surface area contributed by atoms with Crippen LogP contribution in [0.1, 0.15) is 20.8 Å². The summed E-state index contributed by atoms with van der Waals surface area (Å²) in [7, 11) is 0. The smallest absolute Gasteiger partial charge is 0.119 e. The molecule has 0 atom stereocenters. The van der Waals surface area contributed by atoms with E-state index in [0.717, 1.165) is 43.0 Å². The number of ether oxygens (including phenoxy) is 1. The van der Waals surface area contributed by atoms with Crippen LogP contribution in [0.3, 0.4) is 0 Å². The van der Waals surface area contributed by atoms with Crippen LogP contribution in [0.5, 0.6) is 5.75 Å². The number of nitrogens with zero attached hydrogens (tertiary/aromatic N) is 1. The Balaban J connectivity index is 2.20. The van der Waals surface area contributed by atoms with Crippen molar-refractivity contribution in [3.8, 4) is 5.75 Å². The Morgan fingerprint density at radius 1 is 1.21 bits per heavy atom. The summed E-state index contributed by atoms with van der Waals surface area (Å²) in [4.78, 5) is 2.40. The number of hydrogen-bond donors (Lipinski definition) is 1. The fourth-order valence-electron chi connectivity index (χ4n) is 1.76. The maximum absolute atomic E-state index is 5.74. The van der Waals surface area contributed by atoms with E-state index >= 15 is 0 Å². The third kappa shape index (κ3) is 7.55. The van der Waals surface area contributed by atoms with E-state index in [9.17, 15) is 0 Å². The summed E-state index contributed by atoms with van der Waals surface area (Å²) in [5, 5.41) is 3.44. The van der Waals surface area contributed by atoms with Gasteiger partial charge >= 0.3 is 0 Å². The Morgan fingerprint density at radius 3 is 2.47 bits per heavy atom. The van der Waals surface area contributed by atoms with Gasteiger partial charge in [0.05, 0.1) is 0 Å². The van der Waals surface area contributed by atoms with Gasteiger partial charge in [-0.25, -0.2) is 0 Å². The second kappa shape index (κ2) is 9.34. The van der Waals surface area contributed by atoms with Gasteiger partial charge in [-0.3, -0.25) is 4.90 Å². The molecule has 0 heterocycles. The lowest BCUT2D eigenvalue weighted by atomic mass is 10.3. The van der Waals surface area contributed by atoms with E-state index in [1.54, 1.807) is 0 Å². The van der Waals surface area contributed by atoms with Crippen LogP contribution in [0.4, 0.5) is 0 Å². The third-order valence-corrected chi connectivity index (χ3v) is 3.45. The monoisotopic (exact) mass is 328 g/mol. The van der Waals surface area contributed by atoms with Gasteiger partial charge in [0, 0.05) is 30.1 Å². The molecule has 0 spiro atoms. The van der Waals surface area contributed by atoms with E-state index in [1.165, 1.54) is 0 Å². The molecule has 4 heteroatoms. The minimum Gasteiger partial charge on any atom is -0.492 e. The molecule has 1 aromatic rings. The highest BCUT2D eigenvalue weighted by molar-refractivity contribution is 9.10. The first-order valence-corrected chi connectivity index (χ1v) is 7.75. The van der Waals surface area contributed by atoms with Crippen molar-refractivity contribution in [3.63, 3.8) is 0 Å². The average molecular weight is 329 g/mol. The van der Waals surface area contributed by atoms with Crippen LogP contribution in [0.25, 0.3) is 0 Å². The molecule has 0 saturated carbocycles. The first-order chi connectivity index (χ1) is 9.11. The Hall–Kier alpha value is -0.580. The van der Waals surface area contributed by atoms with E-state index in [4.69, 9.17) is 4.74 Å². The highest BCUT2D eigenvalue weighted by Crippen LogP contribution is 2.15. The van der Waals surface area contributed by atoms with Crippen molar-refractivity contribution in [1.82, 2.24) is 10.2 Å². The predicted molar refractivity (Wildman–Crippen MR) is 84.9 cm³/mol. The lowest BCUT2D eigenvalue weighted by molar-refractivity contribution is 0.215. The molecule has 0 aliphatic rings. The van der Waals surface area contributed by atoms with Crippen molar-refractivity contribution in [2.75, 3.05) is 32.8 Å². The van der Waals surface area contributed by atoms with Crippen molar-refractivity contribution < 1.29 is 4.74 Å². The van der Waals surface area contributed by atoms with E-state index in [-0.39, 0.29) is 0 Å². The Morgan fingerprint density at radius 2 is 1.89 bits per heavy atom. The molecule has 0 aromatic heterocycles. The van der Waals surface area contributed by atoms with Gasteiger partial charge in [-0.1, -0.05) is 36.7 Å². The zero-order valence-electron chi connectivity index (χ0n) is 12.2. The van der Waals surface area contributed by atoms with E-state index in [0.29, 0.717) is 6.04 Å². The van der Waals surface area contributed by atoms with Crippen molar-refractivity contribution in [2.45, 2.75) is 26.8 Å². The van der Waals surface area contributed by atoms with Gasteiger partial charge in [0.25, 0.3) is 0 Å². The van der Waals surface area contributed by atoms with E-state index < -0.39 is 0 Å². The summed E-state index contributed by atoms with van der Waals surface area (Å²) in [6, 6.07) is 8.53. The molecule has 19 heavy (non-hydrogen) atoms. The molecule has 1 N–H and O–H groups in total. The highest BCUT2D eigenvalue weighted by atomic mass is 79.9. The number of likely N-dealkylation sites (N-methyl/N-ethyl adjacent to an activating group) is 1. The Kier molecular flexibility index (Phi) is 8.10. The van der Waals surface area contributed by atoms with Gasteiger partial charge in [0.1, 0.15) is 12.4 Å². The number of hydrogen-bond acceptors (Lipinski definition) is 3. The number of halogens is 1. The van der Waals surface area contributed by atoms with Crippen molar-refractivity contribution in [1.29, 1.82) is 0 Å². The second-order valence-electron chi connectivity index (χ2n) is 4.85. The number of nitrogens with one attached hydrogen (secondary N) is 1. The number of benzene rings is 1. The molecule has 3 nitrogen and oxygen atoms in total. The molecule has 0 aliphatic heterocycles. The maximum Gasteiger partial charge on any atom is 0.119 e. The van der Waals surface area contributed by atoms with E-state index in [1.807, 2.05) is 24.3 Å². The van der Waals surface area contributed by atoms with E-state index in [2.05, 4.69) is 46.9 Å². The third-order valence-electron chi connectivity index (χ3n) is 2.92. The predicted octanol–water partition coefficient (Wildman–Crippen LogP) is 3.15. The Labute approximate surface area is 125 Å². The largest absolute Gasteiger partial charge is 0.492 e. The summed E-state index contributed by atoms with van der Waals surface area (Å²) in [5.41, 5.74) is 0. The summed E-state index contributed by atoms with van der Waals surface area (Å²) in [5.74, 6) is 0.930. The van der Waals surface area contributed by atoms with Gasteiger partial charge in [0.15, 0.2) is 0 Å². The number of rotatable bonds is 9. The molecule has 0 radical (unpaired) electrons. The summed E-state index contributed by atoms with van der Waals surface area (Å²) >= 11 is 3.42. The van der Waals surface area contributed by atoms with Crippen LogP contribution in [0, 0.1) is 0 Å². The molecule has 0 fully saturated rings. The van der Waals surface area contributed by atoms with Crippen molar-refractivity contribution in [3.05, 3.63) is 28.7 Å². The lowest BCUT2D eigenvalue weighted by Crippen LogP contribution is -2.36. The molecular weight excluding hydrogens is 304 g/mol. The molecular formula is C15H25BrN2O. The van der Waals surface area contributed by atoms with Crippen LogP contribution in [0.2, 0.25) is 0 Å². The second-order valence-corrected chi connectivity index (χ2v) is 5.76. The molecule has 0 aliphatic carbocycles. The first kappa shape index (κ1) is 16.5. The van der Waals surface area contributed by atoms with Gasteiger partial charge in [-0.05, 0) is 30.8 Å². The average Bonchev–Trinajstić information content (AvgIpc) is 2.39. The maximum atomic E-state index is 5.74. The molecule has 1 rings (SSSR count). The minimum atomic E-state index is 0.553. The Bertz CT molecular complexity index is 341. The molecule has 0 saturated heterocycles. The van der Waals surface area contributed by atoms with Crippen LogP contribution in [-0.2, 0) is 0 Å². The normalized spacial score (nSPS) is 11.3. The topological polar surface area (TPSA) is 24.5 Å². The van der Waals surface area contributed by atoms with Crippen LogP contribution in [0.15, 0.2) is 28.7 Å². The SMILES string of the molecule is CCN(CCNC(C)C)CCOc1ccc(Br)cc1. The summed E-state index contributed by atoms with van der Waals surface area (Å²) < 4.78 is 6.82. The molecule has 1 aromatic carbocycles. The van der Waals surface area contributed by atoms with Gasteiger partial charge in [-0.2, -0.15) is 0 Å². The molecule has 108 valence electrons. The zero-order chi connectivity index (χ0) is 14.1. The van der Waals surface area contributed by atoms with Gasteiger partial charge in [-0.15, -0.1) is 0 Å². The van der Waals surface area contributed by atoms with Crippen molar-refractivity contribution in [2.24, 2.45) is 0 Å². The quantitative estimate of drug-likeness (QED) is 0.753. The van der Waals surface area contributed by atoms with Crippen LogP contribution >= 0.6 is 15.9 Å². The van der Waals surface area contributed by atoms with Gasteiger partial charge in [0.2, 0.25) is 0 Å². The fraction of sp³-hybridized carbons (Fsp3) is 0.600. The first-order valence-electron chi connectivity index (χ1n) is 6.96. The lowest BCUT2D eigenvalue weighted by Gasteiger charge is -2.21. The van der Waals surface area contributed by atoms with Crippen LogP contribution in [-0.4, -0.2) is 43.7 Å². The molecule has 0 bridgehead atoms. The fourth-order valence-corrected chi connectivity index (χ4v) is 2.03. The van der Waals surface area contributed by atoms with Gasteiger partial charge < -0.3 is 10.1 Å².